The zero-order chi connectivity index (χ0) is 16.1. The van der Waals surface area contributed by atoms with E-state index in [0.717, 1.165) is 5.69 Å². The highest BCUT2D eigenvalue weighted by Gasteiger charge is 2.12. The molecule has 6 nitrogen and oxygen atoms in total. The summed E-state index contributed by atoms with van der Waals surface area (Å²) < 4.78 is 11.0. The van der Waals surface area contributed by atoms with Crippen LogP contribution in [0.15, 0.2) is 60.9 Å². The second-order valence-corrected chi connectivity index (χ2v) is 4.69. The number of rotatable bonds is 5. The predicted octanol–water partition coefficient (Wildman–Crippen LogP) is 3.60. The van der Waals surface area contributed by atoms with E-state index >= 15 is 0 Å². The Hall–Kier alpha value is -3.28. The summed E-state index contributed by atoms with van der Waals surface area (Å²) in [4.78, 5) is 8.26. The number of hydrogen-bond acceptors (Lipinski definition) is 6. The van der Waals surface area contributed by atoms with Crippen molar-refractivity contribution in [2.24, 2.45) is 0 Å². The van der Waals surface area contributed by atoms with Gasteiger partial charge in [-0.05, 0) is 24.3 Å². The molecule has 0 atom stereocenters. The summed E-state index contributed by atoms with van der Waals surface area (Å²) in [6.45, 7) is 0. The van der Waals surface area contributed by atoms with E-state index in [2.05, 4.69) is 15.3 Å². The fraction of sp³-hybridized carbons (Fsp3) is 0.0588. The minimum atomic E-state index is 0.267. The molecule has 2 aromatic carbocycles. The van der Waals surface area contributed by atoms with Crippen LogP contribution in [-0.2, 0) is 0 Å². The molecule has 0 fully saturated rings. The van der Waals surface area contributed by atoms with Crippen molar-refractivity contribution in [1.82, 2.24) is 9.97 Å². The molecule has 0 saturated carbocycles. The molecule has 0 radical (unpaired) electrons. The van der Waals surface area contributed by atoms with Crippen molar-refractivity contribution >= 4 is 17.2 Å². The van der Waals surface area contributed by atoms with Gasteiger partial charge >= 0.3 is 0 Å². The van der Waals surface area contributed by atoms with Crippen molar-refractivity contribution in [3.63, 3.8) is 0 Å². The summed E-state index contributed by atoms with van der Waals surface area (Å²) in [6.07, 6.45) is 1.40. The van der Waals surface area contributed by atoms with Crippen LogP contribution < -0.4 is 20.5 Å². The van der Waals surface area contributed by atoms with Crippen LogP contribution in [0.2, 0.25) is 0 Å². The number of para-hydroxylation sites is 3. The number of nitrogens with one attached hydrogen (secondary N) is 1. The Labute approximate surface area is 133 Å². The molecule has 0 amide bonds. The number of nitrogen functional groups attached to an aromatic ring is 1. The van der Waals surface area contributed by atoms with E-state index in [9.17, 15) is 0 Å². The molecule has 6 heteroatoms. The summed E-state index contributed by atoms with van der Waals surface area (Å²) in [7, 11) is 1.58. The van der Waals surface area contributed by atoms with Gasteiger partial charge < -0.3 is 20.5 Å². The smallest absolute Gasteiger partial charge is 0.248 e. The van der Waals surface area contributed by atoms with Gasteiger partial charge in [0.15, 0.2) is 17.3 Å². The molecule has 3 N–H and O–H groups in total. The fourth-order valence-corrected chi connectivity index (χ4v) is 2.03. The number of nitrogens with zero attached hydrogens (tertiary/aromatic N) is 2. The first-order valence-electron chi connectivity index (χ1n) is 7.01. The average Bonchev–Trinajstić information content (AvgIpc) is 2.60. The second kappa shape index (κ2) is 6.65. The van der Waals surface area contributed by atoms with E-state index < -0.39 is 0 Å². The molecule has 0 aliphatic heterocycles. The van der Waals surface area contributed by atoms with E-state index in [1.54, 1.807) is 19.2 Å². The molecule has 0 aliphatic rings. The van der Waals surface area contributed by atoms with Gasteiger partial charge in [0.05, 0.1) is 7.11 Å². The van der Waals surface area contributed by atoms with Gasteiger partial charge in [0.2, 0.25) is 5.88 Å². The average molecular weight is 308 g/mol. The van der Waals surface area contributed by atoms with Crippen LogP contribution in [0.1, 0.15) is 0 Å². The molecular weight excluding hydrogens is 292 g/mol. The lowest BCUT2D eigenvalue weighted by Gasteiger charge is -2.13. The number of hydrogen-bond donors (Lipinski definition) is 2. The van der Waals surface area contributed by atoms with Gasteiger partial charge in [0, 0.05) is 5.69 Å². The topological polar surface area (TPSA) is 82.3 Å². The predicted molar refractivity (Wildman–Crippen MR) is 89.2 cm³/mol. The number of ether oxygens (including phenoxy) is 2. The van der Waals surface area contributed by atoms with Crippen LogP contribution in [0.3, 0.4) is 0 Å². The van der Waals surface area contributed by atoms with Crippen molar-refractivity contribution in [3.05, 3.63) is 60.9 Å². The molecule has 3 rings (SSSR count). The highest BCUT2D eigenvalue weighted by molar-refractivity contribution is 5.72. The van der Waals surface area contributed by atoms with Crippen molar-refractivity contribution < 1.29 is 9.47 Å². The Morgan fingerprint density at radius 3 is 2.35 bits per heavy atom. The minimum Gasteiger partial charge on any atom is -0.493 e. The quantitative estimate of drug-likeness (QED) is 0.749. The van der Waals surface area contributed by atoms with Gasteiger partial charge in [-0.1, -0.05) is 30.3 Å². The summed E-state index contributed by atoms with van der Waals surface area (Å²) in [6, 6.07) is 16.9. The zero-order valence-corrected chi connectivity index (χ0v) is 12.6. The van der Waals surface area contributed by atoms with E-state index in [-0.39, 0.29) is 5.88 Å². The molecule has 1 aromatic heterocycles. The van der Waals surface area contributed by atoms with Gasteiger partial charge in [-0.2, -0.15) is 4.98 Å². The SMILES string of the molecule is COc1ccccc1Oc1ncnc(Nc2ccccc2)c1N. The lowest BCUT2D eigenvalue weighted by atomic mass is 10.3. The van der Waals surface area contributed by atoms with E-state index in [1.807, 2.05) is 42.5 Å². The zero-order valence-electron chi connectivity index (χ0n) is 12.6. The monoisotopic (exact) mass is 308 g/mol. The van der Waals surface area contributed by atoms with E-state index in [4.69, 9.17) is 15.2 Å². The summed E-state index contributed by atoms with van der Waals surface area (Å²) >= 11 is 0. The van der Waals surface area contributed by atoms with Gasteiger partial charge in [-0.15, -0.1) is 0 Å². The molecular formula is C17H16N4O2. The molecule has 0 spiro atoms. The Bertz CT molecular complexity index is 794. The van der Waals surface area contributed by atoms with Crippen molar-refractivity contribution in [2.45, 2.75) is 0 Å². The first kappa shape index (κ1) is 14.6. The molecule has 23 heavy (non-hydrogen) atoms. The van der Waals surface area contributed by atoms with Crippen LogP contribution >= 0.6 is 0 Å². The first-order valence-corrected chi connectivity index (χ1v) is 7.01. The van der Waals surface area contributed by atoms with E-state index in [0.29, 0.717) is 23.0 Å². The number of aromatic nitrogens is 2. The van der Waals surface area contributed by atoms with Gasteiger partial charge in [0.1, 0.15) is 12.0 Å². The first-order chi connectivity index (χ1) is 11.3. The van der Waals surface area contributed by atoms with Crippen molar-refractivity contribution in [1.29, 1.82) is 0 Å². The Balaban J connectivity index is 1.88. The standard InChI is InChI=1S/C17H16N4O2/c1-22-13-9-5-6-10-14(13)23-17-15(18)16(19-11-20-17)21-12-7-3-2-4-8-12/h2-11H,18H2,1H3,(H,19,20,21). The summed E-state index contributed by atoms with van der Waals surface area (Å²) in [5, 5.41) is 3.14. The summed E-state index contributed by atoms with van der Waals surface area (Å²) in [5.41, 5.74) is 7.31. The molecule has 116 valence electrons. The van der Waals surface area contributed by atoms with Crippen molar-refractivity contribution in [2.75, 3.05) is 18.2 Å². The van der Waals surface area contributed by atoms with Crippen molar-refractivity contribution in [3.8, 4) is 17.4 Å². The second-order valence-electron chi connectivity index (χ2n) is 4.69. The number of nitrogens with two attached hydrogens (primary N) is 1. The maximum atomic E-state index is 6.12. The lowest BCUT2D eigenvalue weighted by molar-refractivity contribution is 0.374. The Morgan fingerprint density at radius 2 is 1.61 bits per heavy atom. The largest absolute Gasteiger partial charge is 0.493 e. The normalized spacial score (nSPS) is 10.1. The van der Waals surface area contributed by atoms with Gasteiger partial charge in [-0.3, -0.25) is 0 Å². The maximum absolute atomic E-state index is 6.12. The number of benzene rings is 2. The molecule has 0 unspecified atom stereocenters. The Kier molecular flexibility index (Phi) is 4.24. The minimum absolute atomic E-state index is 0.267. The lowest BCUT2D eigenvalue weighted by Crippen LogP contribution is -2.03. The molecule has 0 saturated heterocycles. The van der Waals surface area contributed by atoms with Crippen LogP contribution in [-0.4, -0.2) is 17.1 Å². The molecule has 3 aromatic rings. The highest BCUT2D eigenvalue weighted by Crippen LogP contribution is 2.35. The van der Waals surface area contributed by atoms with Crippen LogP contribution in [0.25, 0.3) is 0 Å². The van der Waals surface area contributed by atoms with Gasteiger partial charge in [0.25, 0.3) is 0 Å². The third-order valence-electron chi connectivity index (χ3n) is 3.16. The van der Waals surface area contributed by atoms with E-state index in [1.165, 1.54) is 6.33 Å². The number of methoxy groups -OCH3 is 1. The molecule has 0 bridgehead atoms. The Morgan fingerprint density at radius 1 is 0.913 bits per heavy atom. The summed E-state index contributed by atoms with van der Waals surface area (Å²) in [5.74, 6) is 1.88. The third-order valence-corrected chi connectivity index (χ3v) is 3.16. The third kappa shape index (κ3) is 3.32. The molecule has 1 heterocycles. The van der Waals surface area contributed by atoms with Crippen LogP contribution in [0, 0.1) is 0 Å². The number of anilines is 3. The van der Waals surface area contributed by atoms with Crippen LogP contribution in [0.5, 0.6) is 17.4 Å². The fourth-order valence-electron chi connectivity index (χ4n) is 2.03. The van der Waals surface area contributed by atoms with Crippen LogP contribution in [0.4, 0.5) is 17.2 Å². The highest BCUT2D eigenvalue weighted by atomic mass is 16.5. The maximum Gasteiger partial charge on any atom is 0.248 e. The van der Waals surface area contributed by atoms with Gasteiger partial charge in [-0.25, -0.2) is 4.98 Å². The molecule has 0 aliphatic carbocycles.